The SMILES string of the molecule is CC(C)(C)OC(=O)NC1CC(Oc2ccc(C(C)(C)c3ccc(OCc4cc(N5CCOCC5)ncn4)cc3)cc2)C1. The van der Waals surface area contributed by atoms with E-state index in [1.54, 1.807) is 6.33 Å². The van der Waals surface area contributed by atoms with Crippen LogP contribution in [0.25, 0.3) is 0 Å². The molecule has 3 aromatic rings. The Morgan fingerprint density at radius 1 is 0.929 bits per heavy atom. The van der Waals surface area contributed by atoms with Gasteiger partial charge in [-0.1, -0.05) is 38.1 Å². The minimum absolute atomic E-state index is 0.0866. The molecular formula is C33H42N4O5. The number of nitrogens with zero attached hydrogens (tertiary/aromatic N) is 3. The first-order chi connectivity index (χ1) is 20.0. The number of carbonyl (C=O) groups excluding carboxylic acids is 1. The first kappa shape index (κ1) is 29.6. The molecular weight excluding hydrogens is 532 g/mol. The standard InChI is InChI=1S/C33H42N4O5/c1-32(2,3)42-31(38)36-25-18-29(19-25)41-28-12-8-24(9-13-28)33(4,5)23-6-10-27(11-7-23)40-21-26-20-30(35-22-34-26)37-14-16-39-17-15-37/h6-13,20,22,25,29H,14-19,21H2,1-5H3,(H,36,38). The number of nitrogens with one attached hydrogen (secondary N) is 1. The van der Waals surface area contributed by atoms with Gasteiger partial charge >= 0.3 is 6.09 Å². The zero-order valence-electron chi connectivity index (χ0n) is 25.3. The molecule has 1 saturated carbocycles. The highest BCUT2D eigenvalue weighted by molar-refractivity contribution is 5.68. The molecule has 2 aromatic carbocycles. The van der Waals surface area contributed by atoms with Crippen molar-refractivity contribution in [3.05, 3.63) is 77.7 Å². The Morgan fingerprint density at radius 2 is 1.55 bits per heavy atom. The van der Waals surface area contributed by atoms with Gasteiger partial charge in [0.2, 0.25) is 0 Å². The summed E-state index contributed by atoms with van der Waals surface area (Å²) in [5, 5.41) is 2.91. The quantitative estimate of drug-likeness (QED) is 0.350. The van der Waals surface area contributed by atoms with Gasteiger partial charge < -0.3 is 29.2 Å². The van der Waals surface area contributed by atoms with Gasteiger partial charge in [-0.15, -0.1) is 0 Å². The molecule has 1 aliphatic carbocycles. The molecule has 0 radical (unpaired) electrons. The summed E-state index contributed by atoms with van der Waals surface area (Å²) in [6.07, 6.45) is 2.85. The second-order valence-corrected chi connectivity index (χ2v) is 12.5. The summed E-state index contributed by atoms with van der Waals surface area (Å²) in [7, 11) is 0. The van der Waals surface area contributed by atoms with Crippen LogP contribution in [0.3, 0.4) is 0 Å². The molecule has 1 saturated heterocycles. The van der Waals surface area contributed by atoms with E-state index in [0.717, 1.165) is 48.9 Å². The van der Waals surface area contributed by atoms with E-state index in [-0.39, 0.29) is 23.7 Å². The molecule has 2 aliphatic rings. The van der Waals surface area contributed by atoms with Crippen molar-refractivity contribution in [3.63, 3.8) is 0 Å². The zero-order chi connectivity index (χ0) is 29.7. The molecule has 1 aromatic heterocycles. The van der Waals surface area contributed by atoms with Crippen molar-refractivity contribution in [2.75, 3.05) is 31.2 Å². The molecule has 0 bridgehead atoms. The first-order valence-corrected chi connectivity index (χ1v) is 14.7. The van der Waals surface area contributed by atoms with Crippen molar-refractivity contribution in [1.29, 1.82) is 0 Å². The maximum absolute atomic E-state index is 12.0. The number of ether oxygens (including phenoxy) is 4. The number of amides is 1. The number of hydrogen-bond donors (Lipinski definition) is 1. The first-order valence-electron chi connectivity index (χ1n) is 14.7. The maximum atomic E-state index is 12.0. The normalized spacial score (nSPS) is 19.0. The Bertz CT molecular complexity index is 1330. The van der Waals surface area contributed by atoms with Crippen molar-refractivity contribution in [1.82, 2.24) is 15.3 Å². The summed E-state index contributed by atoms with van der Waals surface area (Å²) in [5.74, 6) is 2.54. The van der Waals surface area contributed by atoms with Crippen LogP contribution >= 0.6 is 0 Å². The maximum Gasteiger partial charge on any atom is 0.407 e. The van der Waals surface area contributed by atoms with E-state index in [0.29, 0.717) is 19.8 Å². The van der Waals surface area contributed by atoms with Crippen LogP contribution in [0.4, 0.5) is 10.6 Å². The van der Waals surface area contributed by atoms with Crippen molar-refractivity contribution in [2.24, 2.45) is 0 Å². The second-order valence-electron chi connectivity index (χ2n) is 12.5. The lowest BCUT2D eigenvalue weighted by Gasteiger charge is -2.36. The Balaban J connectivity index is 1.11. The number of hydrogen-bond acceptors (Lipinski definition) is 8. The van der Waals surface area contributed by atoms with Crippen LogP contribution in [-0.2, 0) is 21.5 Å². The Labute approximate surface area is 248 Å². The lowest BCUT2D eigenvalue weighted by atomic mass is 9.78. The third-order valence-corrected chi connectivity index (χ3v) is 7.70. The summed E-state index contributed by atoms with van der Waals surface area (Å²) >= 11 is 0. The van der Waals surface area contributed by atoms with Crippen LogP contribution in [0.5, 0.6) is 11.5 Å². The highest BCUT2D eigenvalue weighted by Gasteiger charge is 2.33. The summed E-state index contributed by atoms with van der Waals surface area (Å²) in [6, 6.07) is 18.6. The van der Waals surface area contributed by atoms with E-state index in [4.69, 9.17) is 18.9 Å². The molecule has 42 heavy (non-hydrogen) atoms. The summed E-state index contributed by atoms with van der Waals surface area (Å²) in [6.45, 7) is 13.5. The van der Waals surface area contributed by atoms with Gasteiger partial charge in [-0.25, -0.2) is 14.8 Å². The second kappa shape index (κ2) is 12.6. The zero-order valence-corrected chi connectivity index (χ0v) is 25.3. The van der Waals surface area contributed by atoms with Crippen molar-refractivity contribution >= 4 is 11.9 Å². The van der Waals surface area contributed by atoms with Gasteiger partial charge in [0, 0.05) is 43.5 Å². The summed E-state index contributed by atoms with van der Waals surface area (Å²) in [5.41, 5.74) is 2.53. The van der Waals surface area contributed by atoms with E-state index in [1.165, 1.54) is 11.1 Å². The van der Waals surface area contributed by atoms with E-state index in [2.05, 4.69) is 58.3 Å². The van der Waals surface area contributed by atoms with Gasteiger partial charge in [-0.05, 0) is 56.2 Å². The highest BCUT2D eigenvalue weighted by atomic mass is 16.6. The number of rotatable bonds is 9. The molecule has 224 valence electrons. The van der Waals surface area contributed by atoms with Crippen LogP contribution in [0.2, 0.25) is 0 Å². The highest BCUT2D eigenvalue weighted by Crippen LogP contribution is 2.34. The molecule has 2 fully saturated rings. The van der Waals surface area contributed by atoms with Gasteiger partial charge in [0.25, 0.3) is 0 Å². The van der Waals surface area contributed by atoms with Crippen LogP contribution < -0.4 is 19.7 Å². The fraction of sp³-hybridized carbons (Fsp3) is 0.485. The van der Waals surface area contributed by atoms with E-state index in [1.807, 2.05) is 51.1 Å². The average Bonchev–Trinajstić information content (AvgIpc) is 2.95. The predicted molar refractivity (Wildman–Crippen MR) is 161 cm³/mol. The largest absolute Gasteiger partial charge is 0.490 e. The molecule has 0 unspecified atom stereocenters. The van der Waals surface area contributed by atoms with Crippen molar-refractivity contribution in [3.8, 4) is 11.5 Å². The van der Waals surface area contributed by atoms with Crippen LogP contribution in [0, 0.1) is 0 Å². The molecule has 1 aliphatic heterocycles. The summed E-state index contributed by atoms with van der Waals surface area (Å²) < 4.78 is 22.9. The average molecular weight is 575 g/mol. The van der Waals surface area contributed by atoms with E-state index >= 15 is 0 Å². The summed E-state index contributed by atoms with van der Waals surface area (Å²) in [4.78, 5) is 23.0. The van der Waals surface area contributed by atoms with Gasteiger partial charge in [0.1, 0.15) is 42.0 Å². The Morgan fingerprint density at radius 3 is 2.17 bits per heavy atom. The smallest absolute Gasteiger partial charge is 0.407 e. The van der Waals surface area contributed by atoms with Gasteiger partial charge in [0.15, 0.2) is 0 Å². The number of alkyl carbamates (subject to hydrolysis) is 1. The Kier molecular flexibility index (Phi) is 8.87. The third-order valence-electron chi connectivity index (χ3n) is 7.70. The lowest BCUT2D eigenvalue weighted by Crippen LogP contribution is -2.50. The van der Waals surface area contributed by atoms with Gasteiger partial charge in [-0.2, -0.15) is 0 Å². The minimum Gasteiger partial charge on any atom is -0.490 e. The minimum atomic E-state index is -0.499. The molecule has 9 nitrogen and oxygen atoms in total. The van der Waals surface area contributed by atoms with E-state index in [9.17, 15) is 4.79 Å². The fourth-order valence-electron chi connectivity index (χ4n) is 5.12. The molecule has 5 rings (SSSR count). The fourth-order valence-corrected chi connectivity index (χ4v) is 5.12. The lowest BCUT2D eigenvalue weighted by molar-refractivity contribution is 0.0363. The van der Waals surface area contributed by atoms with Crippen molar-refractivity contribution in [2.45, 2.75) is 77.2 Å². The monoisotopic (exact) mass is 574 g/mol. The number of benzene rings is 2. The predicted octanol–water partition coefficient (Wildman–Crippen LogP) is 5.65. The molecule has 0 atom stereocenters. The number of aromatic nitrogens is 2. The van der Waals surface area contributed by atoms with Crippen molar-refractivity contribution < 1.29 is 23.7 Å². The molecule has 2 heterocycles. The Hall–Kier alpha value is -3.85. The van der Waals surface area contributed by atoms with Crippen LogP contribution in [0.1, 0.15) is 64.3 Å². The van der Waals surface area contributed by atoms with Crippen LogP contribution in [0.15, 0.2) is 60.9 Å². The van der Waals surface area contributed by atoms with Gasteiger partial charge in [-0.3, -0.25) is 0 Å². The number of anilines is 1. The number of morpholine rings is 1. The molecule has 1 N–H and O–H groups in total. The molecule has 0 spiro atoms. The topological polar surface area (TPSA) is 95.0 Å². The molecule has 9 heteroatoms. The van der Waals surface area contributed by atoms with Gasteiger partial charge in [0.05, 0.1) is 18.9 Å². The third kappa shape index (κ3) is 7.70. The molecule has 1 amide bonds. The number of carbonyl (C=O) groups is 1. The van der Waals surface area contributed by atoms with Crippen LogP contribution in [-0.4, -0.2) is 60.1 Å². The van der Waals surface area contributed by atoms with E-state index < -0.39 is 5.60 Å².